The lowest BCUT2D eigenvalue weighted by molar-refractivity contribution is -0.383. The van der Waals surface area contributed by atoms with Gasteiger partial charge in [0.15, 0.2) is 0 Å². The second-order valence-electron chi connectivity index (χ2n) is 5.94. The van der Waals surface area contributed by atoms with Gasteiger partial charge in [-0.3, -0.25) is 10.1 Å². The van der Waals surface area contributed by atoms with E-state index in [4.69, 9.17) is 23.2 Å². The summed E-state index contributed by atoms with van der Waals surface area (Å²) in [4.78, 5) is 21.5. The van der Waals surface area contributed by atoms with E-state index in [1.807, 2.05) is 4.90 Å². The molecule has 1 N–H and O–H groups in total. The summed E-state index contributed by atoms with van der Waals surface area (Å²) in [5.74, 6) is 0.473. The van der Waals surface area contributed by atoms with Gasteiger partial charge in [0.2, 0.25) is 11.6 Å². The summed E-state index contributed by atoms with van der Waals surface area (Å²) in [6, 6.07) is 5.09. The molecular formula is C16H17Cl2N5O2. The van der Waals surface area contributed by atoms with Crippen LogP contribution in [0.2, 0.25) is 10.0 Å². The molecule has 2 heterocycles. The first-order valence-corrected chi connectivity index (χ1v) is 8.71. The van der Waals surface area contributed by atoms with Crippen LogP contribution in [0.5, 0.6) is 0 Å². The zero-order chi connectivity index (χ0) is 18.0. The van der Waals surface area contributed by atoms with Crippen molar-refractivity contribution in [2.75, 3.05) is 16.8 Å². The molecule has 1 saturated heterocycles. The van der Waals surface area contributed by atoms with Crippen LogP contribution in [0.1, 0.15) is 26.2 Å². The minimum absolute atomic E-state index is 0.131. The van der Waals surface area contributed by atoms with Crippen molar-refractivity contribution in [2.24, 2.45) is 0 Å². The number of nitro groups is 1. The predicted octanol–water partition coefficient (Wildman–Crippen LogP) is 4.81. The van der Waals surface area contributed by atoms with Crippen molar-refractivity contribution < 1.29 is 4.92 Å². The van der Waals surface area contributed by atoms with Gasteiger partial charge in [0.1, 0.15) is 6.33 Å². The van der Waals surface area contributed by atoms with Gasteiger partial charge in [-0.1, -0.05) is 23.2 Å². The minimum Gasteiger partial charge on any atom is -0.348 e. The number of piperidine rings is 1. The molecule has 2 aromatic rings. The fraction of sp³-hybridized carbons (Fsp3) is 0.375. The molecule has 0 spiro atoms. The second kappa shape index (κ2) is 7.41. The minimum atomic E-state index is -0.448. The Bertz CT molecular complexity index is 802. The molecule has 0 aliphatic carbocycles. The average Bonchev–Trinajstić information content (AvgIpc) is 2.58. The number of rotatable bonds is 4. The maximum atomic E-state index is 11.7. The maximum absolute atomic E-state index is 11.7. The molecule has 132 valence electrons. The predicted molar refractivity (Wildman–Crippen MR) is 99.1 cm³/mol. The Morgan fingerprint density at radius 1 is 1.28 bits per heavy atom. The van der Waals surface area contributed by atoms with Crippen molar-refractivity contribution in [1.82, 2.24) is 9.97 Å². The van der Waals surface area contributed by atoms with Crippen molar-refractivity contribution in [3.05, 3.63) is 44.7 Å². The molecular weight excluding hydrogens is 365 g/mol. The Morgan fingerprint density at radius 3 is 2.76 bits per heavy atom. The Hall–Kier alpha value is -2.12. The van der Waals surface area contributed by atoms with E-state index in [0.29, 0.717) is 21.6 Å². The van der Waals surface area contributed by atoms with Gasteiger partial charge in [-0.15, -0.1) is 0 Å². The molecule has 0 bridgehead atoms. The largest absolute Gasteiger partial charge is 0.353 e. The third-order valence-corrected chi connectivity index (χ3v) is 4.98. The van der Waals surface area contributed by atoms with Gasteiger partial charge in [-0.05, 0) is 44.4 Å². The summed E-state index contributed by atoms with van der Waals surface area (Å²) < 4.78 is 0. The van der Waals surface area contributed by atoms with Gasteiger partial charge in [0.25, 0.3) is 0 Å². The fourth-order valence-electron chi connectivity index (χ4n) is 2.96. The summed E-state index contributed by atoms with van der Waals surface area (Å²) >= 11 is 11.9. The lowest BCUT2D eigenvalue weighted by Crippen LogP contribution is -2.38. The standard InChI is InChI=1S/C16H17Cl2N5O2/c1-10-4-2-3-7-22(10)16-14(23(24)25)15(19-9-20-16)21-11-5-6-12(17)13(18)8-11/h5-6,8-10H,2-4,7H2,1H3,(H,19,20,21). The van der Waals surface area contributed by atoms with E-state index >= 15 is 0 Å². The normalized spacial score (nSPS) is 17.4. The van der Waals surface area contributed by atoms with Crippen LogP contribution in [0, 0.1) is 10.1 Å². The number of aromatic nitrogens is 2. The summed E-state index contributed by atoms with van der Waals surface area (Å²) in [5.41, 5.74) is 0.427. The molecule has 3 rings (SSSR count). The lowest BCUT2D eigenvalue weighted by atomic mass is 10.0. The molecule has 7 nitrogen and oxygen atoms in total. The van der Waals surface area contributed by atoms with Crippen molar-refractivity contribution in [1.29, 1.82) is 0 Å². The van der Waals surface area contributed by atoms with Gasteiger partial charge < -0.3 is 10.2 Å². The number of halogens is 2. The zero-order valence-corrected chi connectivity index (χ0v) is 15.1. The van der Waals surface area contributed by atoms with Crippen LogP contribution in [-0.2, 0) is 0 Å². The number of benzene rings is 1. The number of hydrogen-bond donors (Lipinski definition) is 1. The van der Waals surface area contributed by atoms with Gasteiger partial charge in [-0.2, -0.15) is 0 Å². The molecule has 1 aliphatic rings. The topological polar surface area (TPSA) is 84.2 Å². The van der Waals surface area contributed by atoms with Gasteiger partial charge >= 0.3 is 5.69 Å². The lowest BCUT2D eigenvalue weighted by Gasteiger charge is -2.33. The molecule has 1 aromatic carbocycles. The Balaban J connectivity index is 2.00. The van der Waals surface area contributed by atoms with Crippen molar-refractivity contribution in [3.63, 3.8) is 0 Å². The first kappa shape index (κ1) is 17.7. The van der Waals surface area contributed by atoms with Gasteiger partial charge in [-0.25, -0.2) is 9.97 Å². The summed E-state index contributed by atoms with van der Waals surface area (Å²) in [6.07, 6.45) is 4.42. The highest BCUT2D eigenvalue weighted by molar-refractivity contribution is 6.42. The quantitative estimate of drug-likeness (QED) is 0.603. The van der Waals surface area contributed by atoms with Crippen LogP contribution in [0.4, 0.5) is 23.0 Å². The van der Waals surface area contributed by atoms with E-state index in [9.17, 15) is 10.1 Å². The van der Waals surface area contributed by atoms with Crippen molar-refractivity contribution in [2.45, 2.75) is 32.2 Å². The number of nitrogens with zero attached hydrogens (tertiary/aromatic N) is 4. The van der Waals surface area contributed by atoms with E-state index in [1.165, 1.54) is 6.33 Å². The second-order valence-corrected chi connectivity index (χ2v) is 6.76. The summed E-state index contributed by atoms with van der Waals surface area (Å²) in [6.45, 7) is 2.79. The highest BCUT2D eigenvalue weighted by Crippen LogP contribution is 2.37. The average molecular weight is 382 g/mol. The molecule has 9 heteroatoms. The molecule has 1 aliphatic heterocycles. The first-order valence-electron chi connectivity index (χ1n) is 7.95. The smallest absolute Gasteiger partial charge is 0.348 e. The Kier molecular flexibility index (Phi) is 5.24. The number of hydrogen-bond acceptors (Lipinski definition) is 6. The van der Waals surface area contributed by atoms with Crippen LogP contribution in [0.3, 0.4) is 0 Å². The molecule has 0 amide bonds. The van der Waals surface area contributed by atoms with Crippen LogP contribution in [0.15, 0.2) is 24.5 Å². The van der Waals surface area contributed by atoms with Crippen LogP contribution >= 0.6 is 23.2 Å². The van der Waals surface area contributed by atoms with E-state index in [0.717, 1.165) is 25.8 Å². The van der Waals surface area contributed by atoms with Crippen LogP contribution < -0.4 is 10.2 Å². The third-order valence-electron chi connectivity index (χ3n) is 4.24. The number of anilines is 3. The molecule has 0 saturated carbocycles. The van der Waals surface area contributed by atoms with Crippen molar-refractivity contribution in [3.8, 4) is 0 Å². The SMILES string of the molecule is CC1CCCCN1c1ncnc(Nc2ccc(Cl)c(Cl)c2)c1[N+](=O)[O-]. The monoisotopic (exact) mass is 381 g/mol. The van der Waals surface area contributed by atoms with Crippen LogP contribution in [0.25, 0.3) is 0 Å². The van der Waals surface area contributed by atoms with E-state index in [2.05, 4.69) is 22.2 Å². The molecule has 1 fully saturated rings. The first-order chi connectivity index (χ1) is 12.0. The molecule has 25 heavy (non-hydrogen) atoms. The number of nitrogens with one attached hydrogen (secondary N) is 1. The highest BCUT2D eigenvalue weighted by Gasteiger charge is 2.30. The summed E-state index contributed by atoms with van der Waals surface area (Å²) in [7, 11) is 0. The fourth-order valence-corrected chi connectivity index (χ4v) is 3.26. The maximum Gasteiger partial charge on any atom is 0.353 e. The summed E-state index contributed by atoms with van der Waals surface area (Å²) in [5, 5.41) is 15.4. The molecule has 1 aromatic heterocycles. The molecule has 0 radical (unpaired) electrons. The van der Waals surface area contributed by atoms with Gasteiger partial charge in [0, 0.05) is 18.3 Å². The van der Waals surface area contributed by atoms with Gasteiger partial charge in [0.05, 0.1) is 15.0 Å². The van der Waals surface area contributed by atoms with E-state index in [-0.39, 0.29) is 17.5 Å². The van der Waals surface area contributed by atoms with E-state index < -0.39 is 4.92 Å². The molecule has 1 atom stereocenters. The molecule has 1 unspecified atom stereocenters. The zero-order valence-electron chi connectivity index (χ0n) is 13.6. The Labute approximate surface area is 155 Å². The Morgan fingerprint density at radius 2 is 2.08 bits per heavy atom. The van der Waals surface area contributed by atoms with Crippen molar-refractivity contribution >= 4 is 46.2 Å². The van der Waals surface area contributed by atoms with Crippen LogP contribution in [-0.4, -0.2) is 27.5 Å². The third kappa shape index (κ3) is 3.77. The highest BCUT2D eigenvalue weighted by atomic mass is 35.5. The van der Waals surface area contributed by atoms with E-state index in [1.54, 1.807) is 18.2 Å².